The first-order valence-corrected chi connectivity index (χ1v) is 11.5. The Bertz CT molecular complexity index is 1300. The molecule has 6 nitrogen and oxygen atoms in total. The van der Waals surface area contributed by atoms with E-state index in [4.69, 9.17) is 23.2 Å². The number of piperidine rings is 1. The quantitative estimate of drug-likeness (QED) is 0.492. The summed E-state index contributed by atoms with van der Waals surface area (Å²) in [7, 11) is 1.53. The molecule has 0 radical (unpaired) electrons. The summed E-state index contributed by atoms with van der Waals surface area (Å²) in [5.74, 6) is -0.800. The summed E-state index contributed by atoms with van der Waals surface area (Å²) < 4.78 is 14.4. The molecule has 3 aromatic rings. The zero-order valence-electron chi connectivity index (χ0n) is 18.1. The maximum absolute atomic E-state index is 14.4. The number of halogens is 3. The van der Waals surface area contributed by atoms with Gasteiger partial charge in [-0.25, -0.2) is 14.2 Å². The Morgan fingerprint density at radius 3 is 2.53 bits per heavy atom. The molecule has 1 aliphatic carbocycles. The Morgan fingerprint density at radius 1 is 1.12 bits per heavy atom. The fourth-order valence-corrected chi connectivity index (χ4v) is 5.00. The summed E-state index contributed by atoms with van der Waals surface area (Å²) in [5.41, 5.74) is 1.73. The van der Waals surface area contributed by atoms with Gasteiger partial charge >= 0.3 is 5.97 Å². The first-order chi connectivity index (χ1) is 16.2. The molecule has 2 unspecified atom stereocenters. The Labute approximate surface area is 205 Å². The van der Waals surface area contributed by atoms with E-state index >= 15 is 0 Å². The molecule has 34 heavy (non-hydrogen) atoms. The molecule has 1 saturated heterocycles. The van der Waals surface area contributed by atoms with Gasteiger partial charge in [0, 0.05) is 42.5 Å². The number of aromatic carboxylic acids is 1. The molecule has 1 aromatic heterocycles. The summed E-state index contributed by atoms with van der Waals surface area (Å²) >= 11 is 12.5. The SMILES string of the molecule is CN(C(=O)c1c(F)cccc1Cl)c1ncc(-c2cc(C(=O)O)ccc2Cl)cc1N1CC2CC2C1. The van der Waals surface area contributed by atoms with Crippen molar-refractivity contribution in [2.24, 2.45) is 11.8 Å². The molecule has 2 aromatic carbocycles. The van der Waals surface area contributed by atoms with Crippen molar-refractivity contribution in [1.29, 1.82) is 0 Å². The molecule has 1 saturated carbocycles. The van der Waals surface area contributed by atoms with Gasteiger partial charge in [-0.05, 0) is 54.7 Å². The van der Waals surface area contributed by atoms with E-state index in [2.05, 4.69) is 9.88 Å². The summed E-state index contributed by atoms with van der Waals surface area (Å²) in [6.45, 7) is 1.66. The van der Waals surface area contributed by atoms with Gasteiger partial charge in [0.15, 0.2) is 5.82 Å². The molecule has 2 atom stereocenters. The zero-order valence-corrected chi connectivity index (χ0v) is 19.6. The average molecular weight is 500 g/mol. The smallest absolute Gasteiger partial charge is 0.335 e. The average Bonchev–Trinajstić information content (AvgIpc) is 3.42. The molecule has 1 N–H and O–H groups in total. The Kier molecular flexibility index (Phi) is 5.70. The van der Waals surface area contributed by atoms with Crippen LogP contribution < -0.4 is 9.80 Å². The van der Waals surface area contributed by atoms with Gasteiger partial charge in [-0.3, -0.25) is 9.69 Å². The minimum Gasteiger partial charge on any atom is -0.478 e. The molecule has 1 amide bonds. The number of amides is 1. The van der Waals surface area contributed by atoms with Crippen LogP contribution in [0.5, 0.6) is 0 Å². The van der Waals surface area contributed by atoms with Crippen molar-refractivity contribution >= 4 is 46.6 Å². The molecule has 9 heteroatoms. The van der Waals surface area contributed by atoms with Crippen molar-refractivity contribution in [2.45, 2.75) is 6.42 Å². The molecule has 0 bridgehead atoms. The van der Waals surface area contributed by atoms with E-state index in [0.717, 1.165) is 13.1 Å². The predicted octanol–water partition coefficient (Wildman–Crippen LogP) is 5.63. The largest absolute Gasteiger partial charge is 0.478 e. The fraction of sp³-hybridized carbons (Fsp3) is 0.240. The van der Waals surface area contributed by atoms with Crippen LogP contribution in [0, 0.1) is 17.7 Å². The number of carboxylic acid groups (broad SMARTS) is 1. The van der Waals surface area contributed by atoms with Crippen molar-refractivity contribution in [3.05, 3.63) is 75.7 Å². The van der Waals surface area contributed by atoms with E-state index in [1.807, 2.05) is 6.07 Å². The summed E-state index contributed by atoms with van der Waals surface area (Å²) in [5, 5.41) is 9.80. The number of aromatic nitrogens is 1. The molecule has 2 aliphatic rings. The second-order valence-electron chi connectivity index (χ2n) is 8.69. The van der Waals surface area contributed by atoms with Crippen molar-refractivity contribution in [1.82, 2.24) is 4.98 Å². The first-order valence-electron chi connectivity index (χ1n) is 10.7. The highest BCUT2D eigenvalue weighted by molar-refractivity contribution is 6.34. The maximum atomic E-state index is 14.4. The van der Waals surface area contributed by atoms with E-state index in [9.17, 15) is 19.1 Å². The summed E-state index contributed by atoms with van der Waals surface area (Å²) in [6.07, 6.45) is 2.72. The van der Waals surface area contributed by atoms with Gasteiger partial charge in [0.2, 0.25) is 0 Å². The van der Waals surface area contributed by atoms with Crippen LogP contribution >= 0.6 is 23.2 Å². The van der Waals surface area contributed by atoms with E-state index in [0.29, 0.717) is 39.5 Å². The van der Waals surface area contributed by atoms with E-state index in [-0.39, 0.29) is 16.1 Å². The van der Waals surface area contributed by atoms with Gasteiger partial charge in [-0.1, -0.05) is 29.3 Å². The second kappa shape index (κ2) is 8.56. The van der Waals surface area contributed by atoms with Gasteiger partial charge in [0.25, 0.3) is 5.91 Å². The van der Waals surface area contributed by atoms with Crippen LogP contribution in [0.15, 0.2) is 48.7 Å². The monoisotopic (exact) mass is 499 g/mol. The molecular formula is C25H20Cl2FN3O3. The normalized spacial score (nSPS) is 18.5. The number of rotatable bonds is 5. The van der Waals surface area contributed by atoms with Crippen LogP contribution in [0.25, 0.3) is 11.1 Å². The third-order valence-electron chi connectivity index (χ3n) is 6.49. The van der Waals surface area contributed by atoms with Crippen molar-refractivity contribution in [3.63, 3.8) is 0 Å². The minimum absolute atomic E-state index is 0.0229. The van der Waals surface area contributed by atoms with Gasteiger partial charge in [0.1, 0.15) is 5.82 Å². The van der Waals surface area contributed by atoms with Crippen LogP contribution in [0.2, 0.25) is 10.0 Å². The maximum Gasteiger partial charge on any atom is 0.335 e. The molecule has 2 heterocycles. The number of carbonyl (C=O) groups excluding carboxylic acids is 1. The summed E-state index contributed by atoms with van der Waals surface area (Å²) in [4.78, 5) is 32.7. The van der Waals surface area contributed by atoms with Crippen LogP contribution in [0.3, 0.4) is 0 Å². The number of carbonyl (C=O) groups is 2. The topological polar surface area (TPSA) is 73.7 Å². The van der Waals surface area contributed by atoms with E-state index in [1.165, 1.54) is 61.0 Å². The number of hydrogen-bond acceptors (Lipinski definition) is 4. The lowest BCUT2D eigenvalue weighted by Gasteiger charge is -2.27. The number of carboxylic acids is 1. The highest BCUT2D eigenvalue weighted by atomic mass is 35.5. The minimum atomic E-state index is -1.06. The van der Waals surface area contributed by atoms with Gasteiger partial charge in [0.05, 0.1) is 21.8 Å². The third kappa shape index (κ3) is 3.99. The van der Waals surface area contributed by atoms with Gasteiger partial charge < -0.3 is 10.0 Å². The molecular weight excluding hydrogens is 480 g/mol. The first kappa shape index (κ1) is 22.6. The Morgan fingerprint density at radius 2 is 1.85 bits per heavy atom. The standard InChI is InChI=1S/C25H20Cl2FN3O3/c1-30(24(32)22-19(27)3-2-4-20(22)28)23-21(31-11-15-7-16(15)12-31)9-14(10-29-23)17-8-13(25(33)34)5-6-18(17)26/h2-6,8-10,15-16H,7,11-12H2,1H3,(H,33,34). The Balaban J connectivity index is 1.59. The number of anilines is 2. The van der Waals surface area contributed by atoms with Crippen LogP contribution in [0.1, 0.15) is 27.1 Å². The van der Waals surface area contributed by atoms with Gasteiger partial charge in [-0.2, -0.15) is 0 Å². The van der Waals surface area contributed by atoms with E-state index < -0.39 is 17.7 Å². The molecule has 2 fully saturated rings. The van der Waals surface area contributed by atoms with E-state index in [1.54, 1.807) is 0 Å². The summed E-state index contributed by atoms with van der Waals surface area (Å²) in [6, 6.07) is 10.4. The number of benzene rings is 2. The Hall–Kier alpha value is -3.16. The lowest BCUT2D eigenvalue weighted by atomic mass is 10.0. The highest BCUT2D eigenvalue weighted by Crippen LogP contribution is 2.48. The number of pyridine rings is 1. The molecule has 5 rings (SSSR count). The van der Waals surface area contributed by atoms with Crippen LogP contribution in [-0.4, -0.2) is 42.1 Å². The third-order valence-corrected chi connectivity index (χ3v) is 7.13. The highest BCUT2D eigenvalue weighted by Gasteiger charge is 2.46. The number of fused-ring (bicyclic) bond motifs is 1. The van der Waals surface area contributed by atoms with Crippen LogP contribution in [-0.2, 0) is 0 Å². The van der Waals surface area contributed by atoms with Gasteiger partial charge in [-0.15, -0.1) is 0 Å². The fourth-order valence-electron chi connectivity index (χ4n) is 4.52. The molecule has 1 aliphatic heterocycles. The lowest BCUT2D eigenvalue weighted by molar-refractivity contribution is 0.0696. The lowest BCUT2D eigenvalue weighted by Crippen LogP contribution is -2.31. The second-order valence-corrected chi connectivity index (χ2v) is 9.50. The zero-order chi connectivity index (χ0) is 24.1. The molecule has 0 spiro atoms. The number of nitrogens with zero attached hydrogens (tertiary/aromatic N) is 3. The van der Waals surface area contributed by atoms with Crippen molar-refractivity contribution in [2.75, 3.05) is 29.9 Å². The van der Waals surface area contributed by atoms with Crippen molar-refractivity contribution < 1.29 is 19.1 Å². The number of hydrogen-bond donors (Lipinski definition) is 1. The predicted molar refractivity (Wildman–Crippen MR) is 130 cm³/mol. The van der Waals surface area contributed by atoms with Crippen LogP contribution in [0.4, 0.5) is 15.9 Å². The molecule has 174 valence electrons. The van der Waals surface area contributed by atoms with Crippen molar-refractivity contribution in [3.8, 4) is 11.1 Å².